The van der Waals surface area contributed by atoms with E-state index in [1.54, 1.807) is 19.1 Å². The lowest BCUT2D eigenvalue weighted by Gasteiger charge is -2.29. The highest BCUT2D eigenvalue weighted by Crippen LogP contribution is 2.20. The van der Waals surface area contributed by atoms with Crippen LogP contribution in [0.15, 0.2) is 22.7 Å². The lowest BCUT2D eigenvalue weighted by Crippen LogP contribution is -2.53. The standard InChI is InChI=1S/C12H15BrINO3/c1-2-12(6-16,7-17)15-11(18)9-5-8(14)3-4-10(9)13/h3-5,16-17H,2,6-7H2,1H3,(H,15,18). The third-order valence-electron chi connectivity index (χ3n) is 2.83. The number of rotatable bonds is 5. The zero-order chi connectivity index (χ0) is 13.8. The van der Waals surface area contributed by atoms with Crippen LogP contribution in [-0.2, 0) is 0 Å². The summed E-state index contributed by atoms with van der Waals surface area (Å²) < 4.78 is 1.62. The average molecular weight is 428 g/mol. The molecule has 18 heavy (non-hydrogen) atoms. The first-order valence-electron chi connectivity index (χ1n) is 5.47. The molecule has 0 aliphatic carbocycles. The number of halogens is 2. The van der Waals surface area contributed by atoms with Gasteiger partial charge in [0, 0.05) is 8.04 Å². The molecule has 0 heterocycles. The number of amides is 1. The van der Waals surface area contributed by atoms with Gasteiger partial charge >= 0.3 is 0 Å². The molecule has 1 amide bonds. The minimum Gasteiger partial charge on any atom is -0.394 e. The molecule has 4 nitrogen and oxygen atoms in total. The highest BCUT2D eigenvalue weighted by atomic mass is 127. The Labute approximate surface area is 128 Å². The Kier molecular flexibility index (Phi) is 6.03. The van der Waals surface area contributed by atoms with E-state index < -0.39 is 5.54 Å². The summed E-state index contributed by atoms with van der Waals surface area (Å²) in [5, 5.41) is 21.3. The molecule has 0 fully saturated rings. The Morgan fingerprint density at radius 3 is 2.56 bits per heavy atom. The van der Waals surface area contributed by atoms with Crippen molar-refractivity contribution < 1.29 is 15.0 Å². The maximum atomic E-state index is 12.1. The van der Waals surface area contributed by atoms with E-state index in [9.17, 15) is 15.0 Å². The van der Waals surface area contributed by atoms with E-state index in [0.717, 1.165) is 3.57 Å². The number of hydrogen-bond donors (Lipinski definition) is 3. The van der Waals surface area contributed by atoms with Crippen LogP contribution in [0.3, 0.4) is 0 Å². The summed E-state index contributed by atoms with van der Waals surface area (Å²) >= 11 is 5.44. The van der Waals surface area contributed by atoms with Crippen LogP contribution in [0.4, 0.5) is 0 Å². The number of aliphatic hydroxyl groups excluding tert-OH is 2. The third kappa shape index (κ3) is 3.66. The molecule has 6 heteroatoms. The van der Waals surface area contributed by atoms with Crippen LogP contribution in [0.1, 0.15) is 23.7 Å². The van der Waals surface area contributed by atoms with Crippen molar-refractivity contribution in [2.75, 3.05) is 13.2 Å². The van der Waals surface area contributed by atoms with Crippen LogP contribution in [0.5, 0.6) is 0 Å². The molecule has 1 aromatic carbocycles. The first-order chi connectivity index (χ1) is 8.48. The van der Waals surface area contributed by atoms with Crippen LogP contribution in [0.2, 0.25) is 0 Å². The number of benzene rings is 1. The van der Waals surface area contributed by atoms with Gasteiger partial charge in [0.2, 0.25) is 0 Å². The molecule has 100 valence electrons. The van der Waals surface area contributed by atoms with E-state index in [1.807, 2.05) is 6.07 Å². The van der Waals surface area contributed by atoms with Gasteiger partial charge in [-0.05, 0) is 63.1 Å². The fourth-order valence-electron chi connectivity index (χ4n) is 1.42. The molecule has 0 atom stereocenters. The predicted octanol–water partition coefficient (Wildman–Crippen LogP) is 1.92. The van der Waals surface area contributed by atoms with Gasteiger partial charge < -0.3 is 15.5 Å². The van der Waals surface area contributed by atoms with Gasteiger partial charge in [0.05, 0.1) is 24.3 Å². The van der Waals surface area contributed by atoms with Crippen molar-refractivity contribution in [2.24, 2.45) is 0 Å². The Morgan fingerprint density at radius 1 is 1.44 bits per heavy atom. The van der Waals surface area contributed by atoms with Crippen molar-refractivity contribution in [3.63, 3.8) is 0 Å². The van der Waals surface area contributed by atoms with E-state index in [2.05, 4.69) is 43.8 Å². The van der Waals surface area contributed by atoms with Gasteiger partial charge in [-0.3, -0.25) is 4.79 Å². The molecule has 0 aromatic heterocycles. The fraction of sp³-hybridized carbons (Fsp3) is 0.417. The normalized spacial score (nSPS) is 11.4. The largest absolute Gasteiger partial charge is 0.394 e. The predicted molar refractivity (Wildman–Crippen MR) is 81.5 cm³/mol. The first-order valence-corrected chi connectivity index (χ1v) is 7.34. The average Bonchev–Trinajstić information content (AvgIpc) is 2.38. The highest BCUT2D eigenvalue weighted by Gasteiger charge is 2.29. The van der Waals surface area contributed by atoms with Crippen LogP contribution in [-0.4, -0.2) is 34.9 Å². The minimum atomic E-state index is -0.974. The molecule has 0 aliphatic heterocycles. The van der Waals surface area contributed by atoms with Crippen LogP contribution < -0.4 is 5.32 Å². The minimum absolute atomic E-state index is 0.298. The maximum absolute atomic E-state index is 12.1. The zero-order valence-electron chi connectivity index (χ0n) is 9.91. The number of carbonyl (C=O) groups is 1. The molecule has 3 N–H and O–H groups in total. The van der Waals surface area contributed by atoms with Crippen molar-refractivity contribution in [1.29, 1.82) is 0 Å². The van der Waals surface area contributed by atoms with Crippen molar-refractivity contribution in [1.82, 2.24) is 5.32 Å². The molecule has 1 rings (SSSR count). The van der Waals surface area contributed by atoms with Gasteiger partial charge in [-0.2, -0.15) is 0 Å². The number of nitrogens with one attached hydrogen (secondary N) is 1. The highest BCUT2D eigenvalue weighted by molar-refractivity contribution is 14.1. The van der Waals surface area contributed by atoms with Gasteiger partial charge in [-0.15, -0.1) is 0 Å². The lowest BCUT2D eigenvalue weighted by molar-refractivity contribution is 0.0652. The van der Waals surface area contributed by atoms with Gasteiger partial charge in [-0.1, -0.05) is 6.92 Å². The second kappa shape index (κ2) is 6.83. The SMILES string of the molecule is CCC(CO)(CO)NC(=O)c1cc(I)ccc1Br. The molecule has 1 aromatic rings. The number of hydrogen-bond acceptors (Lipinski definition) is 3. The Morgan fingerprint density at radius 2 is 2.06 bits per heavy atom. The summed E-state index contributed by atoms with van der Waals surface area (Å²) in [6.45, 7) is 1.21. The molecule has 0 aliphatic rings. The monoisotopic (exact) mass is 427 g/mol. The maximum Gasteiger partial charge on any atom is 0.253 e. The summed E-state index contributed by atoms with van der Waals surface area (Å²) in [6.07, 6.45) is 0.452. The second-order valence-electron chi connectivity index (χ2n) is 4.03. The van der Waals surface area contributed by atoms with Crippen molar-refractivity contribution in [3.8, 4) is 0 Å². The van der Waals surface area contributed by atoms with E-state index in [4.69, 9.17) is 0 Å². The summed E-state index contributed by atoms with van der Waals surface area (Å²) in [7, 11) is 0. The summed E-state index contributed by atoms with van der Waals surface area (Å²) in [5.74, 6) is -0.314. The van der Waals surface area contributed by atoms with E-state index in [1.165, 1.54) is 0 Å². The smallest absolute Gasteiger partial charge is 0.253 e. The van der Waals surface area contributed by atoms with E-state index in [0.29, 0.717) is 16.5 Å². The van der Waals surface area contributed by atoms with E-state index >= 15 is 0 Å². The van der Waals surface area contributed by atoms with Gasteiger partial charge in [0.15, 0.2) is 0 Å². The summed E-state index contributed by atoms with van der Waals surface area (Å²) in [4.78, 5) is 12.1. The second-order valence-corrected chi connectivity index (χ2v) is 6.13. The molecular formula is C12H15BrINO3. The summed E-state index contributed by atoms with van der Waals surface area (Å²) in [5.41, 5.74) is -0.487. The van der Waals surface area contributed by atoms with Crippen LogP contribution >= 0.6 is 38.5 Å². The van der Waals surface area contributed by atoms with E-state index in [-0.39, 0.29) is 19.1 Å². The number of aliphatic hydroxyl groups is 2. The Balaban J connectivity index is 2.97. The number of carbonyl (C=O) groups excluding carboxylic acids is 1. The van der Waals surface area contributed by atoms with Crippen molar-refractivity contribution >= 4 is 44.4 Å². The Hall–Kier alpha value is -0.180. The molecule has 0 radical (unpaired) electrons. The van der Waals surface area contributed by atoms with Gasteiger partial charge in [0.1, 0.15) is 0 Å². The van der Waals surface area contributed by atoms with Crippen LogP contribution in [0, 0.1) is 3.57 Å². The molecule has 0 saturated carbocycles. The Bertz CT molecular complexity index is 427. The van der Waals surface area contributed by atoms with Crippen molar-refractivity contribution in [3.05, 3.63) is 31.8 Å². The fourth-order valence-corrected chi connectivity index (χ4v) is 2.34. The quantitative estimate of drug-likeness (QED) is 0.629. The zero-order valence-corrected chi connectivity index (χ0v) is 13.7. The third-order valence-corrected chi connectivity index (χ3v) is 4.20. The van der Waals surface area contributed by atoms with Gasteiger partial charge in [-0.25, -0.2) is 0 Å². The van der Waals surface area contributed by atoms with Crippen molar-refractivity contribution in [2.45, 2.75) is 18.9 Å². The molecule has 0 spiro atoms. The lowest BCUT2D eigenvalue weighted by atomic mass is 9.98. The first kappa shape index (κ1) is 15.9. The molecule has 0 saturated heterocycles. The topological polar surface area (TPSA) is 69.6 Å². The van der Waals surface area contributed by atoms with Crippen LogP contribution in [0.25, 0.3) is 0 Å². The molecule has 0 unspecified atom stereocenters. The molecule has 0 bridgehead atoms. The van der Waals surface area contributed by atoms with Gasteiger partial charge in [0.25, 0.3) is 5.91 Å². The summed E-state index contributed by atoms with van der Waals surface area (Å²) in [6, 6.07) is 5.42. The molecular weight excluding hydrogens is 413 g/mol.